The van der Waals surface area contributed by atoms with E-state index in [0.717, 1.165) is 39.8 Å². The summed E-state index contributed by atoms with van der Waals surface area (Å²) in [7, 11) is 3.30. The molecule has 2 aromatic carbocycles. The third kappa shape index (κ3) is 4.87. The van der Waals surface area contributed by atoms with Crippen LogP contribution in [0.15, 0.2) is 60.2 Å². The van der Waals surface area contributed by atoms with Crippen molar-refractivity contribution < 1.29 is 14.3 Å². The molecule has 0 N–H and O–H groups in total. The van der Waals surface area contributed by atoms with Crippen molar-refractivity contribution in [2.75, 3.05) is 45.3 Å². The van der Waals surface area contributed by atoms with Gasteiger partial charge in [0.15, 0.2) is 0 Å². The fraction of sp³-hybridized carbons (Fsp3) is 0.286. The second-order valence-corrected chi connectivity index (χ2v) is 8.48. The largest absolute Gasteiger partial charge is 0.497 e. The monoisotopic (exact) mass is 470 g/mol. The smallest absolute Gasteiger partial charge is 0.264 e. The number of nitriles is 1. The first-order valence-corrected chi connectivity index (χ1v) is 11.6. The van der Waals surface area contributed by atoms with Crippen LogP contribution in [0.4, 0.5) is 5.69 Å². The Labute approximate surface area is 206 Å². The number of rotatable bonds is 6. The van der Waals surface area contributed by atoms with Crippen molar-refractivity contribution in [3.63, 3.8) is 0 Å². The number of amides is 1. The summed E-state index contributed by atoms with van der Waals surface area (Å²) < 4.78 is 12.8. The Morgan fingerprint density at radius 2 is 1.66 bits per heavy atom. The average molecular weight is 471 g/mol. The maximum atomic E-state index is 13.2. The summed E-state index contributed by atoms with van der Waals surface area (Å²) in [5.74, 6) is 1.37. The Morgan fingerprint density at radius 1 is 0.971 bits per heavy atom. The first kappa shape index (κ1) is 24.0. The molecule has 35 heavy (non-hydrogen) atoms. The second-order valence-electron chi connectivity index (χ2n) is 8.48. The van der Waals surface area contributed by atoms with Crippen LogP contribution in [0.5, 0.6) is 11.5 Å². The number of aryl methyl sites for hydroxylation is 1. The fourth-order valence-electron chi connectivity index (χ4n) is 4.57. The zero-order valence-electron chi connectivity index (χ0n) is 20.6. The van der Waals surface area contributed by atoms with E-state index in [-0.39, 0.29) is 11.5 Å². The maximum absolute atomic E-state index is 13.2. The van der Waals surface area contributed by atoms with Gasteiger partial charge < -0.3 is 23.8 Å². The lowest BCUT2D eigenvalue weighted by atomic mass is 10.1. The van der Waals surface area contributed by atoms with Gasteiger partial charge in [0.2, 0.25) is 0 Å². The summed E-state index contributed by atoms with van der Waals surface area (Å²) in [4.78, 5) is 17.2. The number of methoxy groups -OCH3 is 2. The third-order valence-corrected chi connectivity index (χ3v) is 6.44. The molecule has 4 rings (SSSR count). The van der Waals surface area contributed by atoms with Crippen molar-refractivity contribution in [1.29, 1.82) is 5.26 Å². The van der Waals surface area contributed by atoms with E-state index in [1.807, 2.05) is 68.4 Å². The zero-order chi connectivity index (χ0) is 24.9. The first-order chi connectivity index (χ1) is 17.0. The van der Waals surface area contributed by atoms with Crippen LogP contribution in [0.3, 0.4) is 0 Å². The predicted octanol–water partition coefficient (Wildman–Crippen LogP) is 4.37. The summed E-state index contributed by atoms with van der Waals surface area (Å²) in [6.45, 7) is 6.45. The SMILES string of the molecule is COc1ccc(-n2c(C)cc(/C=C(\C#N)C(=O)N3CCN(c4ccccc4OC)CC3)c2C)cc1. The molecule has 0 aliphatic carbocycles. The first-order valence-electron chi connectivity index (χ1n) is 11.6. The van der Waals surface area contributed by atoms with Crippen LogP contribution in [0.1, 0.15) is 17.0 Å². The van der Waals surface area contributed by atoms with Gasteiger partial charge in [-0.05, 0) is 68.0 Å². The lowest BCUT2D eigenvalue weighted by Crippen LogP contribution is -2.49. The fourth-order valence-corrected chi connectivity index (χ4v) is 4.57. The van der Waals surface area contributed by atoms with Crippen LogP contribution in [0.2, 0.25) is 0 Å². The number of piperazine rings is 1. The van der Waals surface area contributed by atoms with E-state index < -0.39 is 0 Å². The molecule has 1 aromatic heterocycles. The van der Waals surface area contributed by atoms with Gasteiger partial charge in [-0.25, -0.2) is 0 Å². The molecule has 3 aromatic rings. The molecule has 7 heteroatoms. The van der Waals surface area contributed by atoms with Gasteiger partial charge in [-0.15, -0.1) is 0 Å². The average Bonchev–Trinajstić information content (AvgIpc) is 3.19. The van der Waals surface area contributed by atoms with Gasteiger partial charge >= 0.3 is 0 Å². The summed E-state index contributed by atoms with van der Waals surface area (Å²) in [6.07, 6.45) is 1.71. The standard InChI is InChI=1S/C28H30N4O3/c1-20-17-22(21(2)32(20)24-9-11-25(34-3)12-10-24)18-23(19-29)28(33)31-15-13-30(14-16-31)26-7-5-6-8-27(26)35-4/h5-12,17-18H,13-16H2,1-4H3/b23-18+. The Balaban J connectivity index is 1.51. The summed E-state index contributed by atoms with van der Waals surface area (Å²) in [6, 6.07) is 19.8. The van der Waals surface area contributed by atoms with Crippen molar-refractivity contribution in [2.45, 2.75) is 13.8 Å². The number of para-hydroxylation sites is 2. The van der Waals surface area contributed by atoms with Gasteiger partial charge in [-0.1, -0.05) is 12.1 Å². The number of carbonyl (C=O) groups is 1. The molecule has 180 valence electrons. The number of hydrogen-bond acceptors (Lipinski definition) is 5. The molecule has 0 spiro atoms. The predicted molar refractivity (Wildman–Crippen MR) is 137 cm³/mol. The van der Waals surface area contributed by atoms with Crippen molar-refractivity contribution >= 4 is 17.7 Å². The van der Waals surface area contributed by atoms with Gasteiger partial charge in [0.05, 0.1) is 19.9 Å². The minimum absolute atomic E-state index is 0.144. The molecular formula is C28H30N4O3. The molecule has 1 fully saturated rings. The Kier molecular flexibility index (Phi) is 7.11. The van der Waals surface area contributed by atoms with Gasteiger partial charge in [-0.2, -0.15) is 5.26 Å². The highest BCUT2D eigenvalue weighted by Crippen LogP contribution is 2.29. The van der Waals surface area contributed by atoms with Crippen LogP contribution < -0.4 is 14.4 Å². The van der Waals surface area contributed by atoms with Gasteiger partial charge in [-0.3, -0.25) is 4.79 Å². The number of nitrogens with zero attached hydrogens (tertiary/aromatic N) is 4. The quantitative estimate of drug-likeness (QED) is 0.395. The van der Waals surface area contributed by atoms with E-state index in [4.69, 9.17) is 9.47 Å². The number of ether oxygens (including phenoxy) is 2. The highest BCUT2D eigenvalue weighted by atomic mass is 16.5. The Bertz CT molecular complexity index is 1280. The van der Waals surface area contributed by atoms with E-state index in [1.165, 1.54) is 0 Å². The van der Waals surface area contributed by atoms with Gasteiger partial charge in [0.1, 0.15) is 23.1 Å². The molecular weight excluding hydrogens is 440 g/mol. The van der Waals surface area contributed by atoms with E-state index in [1.54, 1.807) is 25.2 Å². The van der Waals surface area contributed by atoms with Crippen LogP contribution in [-0.4, -0.2) is 55.8 Å². The second kappa shape index (κ2) is 10.4. The lowest BCUT2D eigenvalue weighted by molar-refractivity contribution is -0.126. The number of aromatic nitrogens is 1. The molecule has 0 radical (unpaired) electrons. The number of hydrogen-bond donors (Lipinski definition) is 0. The lowest BCUT2D eigenvalue weighted by Gasteiger charge is -2.36. The highest BCUT2D eigenvalue weighted by Gasteiger charge is 2.25. The molecule has 2 heterocycles. The molecule has 1 aliphatic rings. The minimum atomic E-state index is -0.235. The molecule has 0 bridgehead atoms. The van der Waals surface area contributed by atoms with E-state index in [2.05, 4.69) is 15.5 Å². The Hall–Kier alpha value is -4.18. The van der Waals surface area contributed by atoms with E-state index in [9.17, 15) is 10.1 Å². The normalized spacial score (nSPS) is 14.0. The van der Waals surface area contributed by atoms with Crippen molar-refractivity contribution in [1.82, 2.24) is 9.47 Å². The highest BCUT2D eigenvalue weighted by molar-refractivity contribution is 6.02. The summed E-state index contributed by atoms with van der Waals surface area (Å²) in [5, 5.41) is 9.81. The number of carbonyl (C=O) groups excluding carboxylic acids is 1. The van der Waals surface area contributed by atoms with Crippen molar-refractivity contribution in [2.24, 2.45) is 0 Å². The van der Waals surface area contributed by atoms with Crippen LogP contribution >= 0.6 is 0 Å². The summed E-state index contributed by atoms with van der Waals surface area (Å²) >= 11 is 0. The molecule has 1 amide bonds. The van der Waals surface area contributed by atoms with Crippen molar-refractivity contribution in [3.8, 4) is 23.3 Å². The molecule has 0 atom stereocenters. The number of anilines is 1. The minimum Gasteiger partial charge on any atom is -0.497 e. The van der Waals surface area contributed by atoms with Crippen LogP contribution in [-0.2, 0) is 4.79 Å². The third-order valence-electron chi connectivity index (χ3n) is 6.44. The topological polar surface area (TPSA) is 70.7 Å². The van der Waals surface area contributed by atoms with Crippen LogP contribution in [0, 0.1) is 25.2 Å². The van der Waals surface area contributed by atoms with E-state index in [0.29, 0.717) is 26.2 Å². The van der Waals surface area contributed by atoms with Gasteiger partial charge in [0, 0.05) is 43.3 Å². The molecule has 0 unspecified atom stereocenters. The van der Waals surface area contributed by atoms with Gasteiger partial charge in [0.25, 0.3) is 5.91 Å². The van der Waals surface area contributed by atoms with Crippen LogP contribution in [0.25, 0.3) is 11.8 Å². The molecule has 1 aliphatic heterocycles. The van der Waals surface area contributed by atoms with E-state index >= 15 is 0 Å². The zero-order valence-corrected chi connectivity index (χ0v) is 20.6. The molecule has 7 nitrogen and oxygen atoms in total. The Morgan fingerprint density at radius 3 is 2.29 bits per heavy atom. The number of benzene rings is 2. The summed E-state index contributed by atoms with van der Waals surface area (Å²) in [5.41, 5.74) is 5.01. The van der Waals surface area contributed by atoms with Crippen molar-refractivity contribution in [3.05, 3.63) is 77.1 Å². The molecule has 1 saturated heterocycles. The maximum Gasteiger partial charge on any atom is 0.264 e. The molecule has 0 saturated carbocycles.